The summed E-state index contributed by atoms with van der Waals surface area (Å²) in [5.74, 6) is -1.72. The van der Waals surface area contributed by atoms with Crippen LogP contribution in [0, 0.1) is 0 Å². The van der Waals surface area contributed by atoms with E-state index in [1.165, 1.54) is 32.1 Å². The summed E-state index contributed by atoms with van der Waals surface area (Å²) in [7, 11) is -3.13. The van der Waals surface area contributed by atoms with Gasteiger partial charge in [-0.15, -0.1) is 0 Å². The second-order valence-electron chi connectivity index (χ2n) is 12.4. The Bertz CT molecular complexity index is 1280. The molecule has 3 heterocycles. The Morgan fingerprint density at radius 3 is 2.00 bits per heavy atom. The van der Waals surface area contributed by atoms with Crippen molar-refractivity contribution in [2.75, 3.05) is 30.7 Å². The maximum Gasteiger partial charge on any atom is 0.264 e. The van der Waals surface area contributed by atoms with Crippen LogP contribution in [0.2, 0.25) is 0 Å². The average molecular weight is 632 g/mol. The number of carbonyl (C=O) groups excluding carboxylic acids is 4. The number of carbonyl (C=O) groups is 4. The molecule has 0 radical (unpaired) electrons. The molecular weight excluding hydrogens is 582 g/mol. The van der Waals surface area contributed by atoms with Gasteiger partial charge in [0.25, 0.3) is 11.8 Å². The number of imide groups is 2. The van der Waals surface area contributed by atoms with Crippen LogP contribution >= 0.6 is 0 Å². The predicted molar refractivity (Wildman–Crippen MR) is 170 cm³/mol. The van der Waals surface area contributed by atoms with Gasteiger partial charge in [-0.1, -0.05) is 70.3 Å². The van der Waals surface area contributed by atoms with Crippen molar-refractivity contribution in [3.63, 3.8) is 0 Å². The van der Waals surface area contributed by atoms with Crippen LogP contribution in [0.25, 0.3) is 0 Å². The van der Waals surface area contributed by atoms with Gasteiger partial charge in [-0.2, -0.15) is 0 Å². The van der Waals surface area contributed by atoms with E-state index in [-0.39, 0.29) is 36.1 Å². The summed E-state index contributed by atoms with van der Waals surface area (Å²) in [6.45, 7) is 1.81. The van der Waals surface area contributed by atoms with Crippen LogP contribution in [-0.2, 0) is 19.6 Å². The number of fused-ring (bicyclic) bond motifs is 1. The topological polar surface area (TPSA) is 159 Å². The summed E-state index contributed by atoms with van der Waals surface area (Å²) in [5.41, 5.74) is 7.07. The summed E-state index contributed by atoms with van der Waals surface area (Å²) < 4.78 is 26.5. The predicted octanol–water partition coefficient (Wildman–Crippen LogP) is 3.93. The number of amides is 4. The van der Waals surface area contributed by atoms with Gasteiger partial charge in [-0.3, -0.25) is 29.4 Å². The van der Waals surface area contributed by atoms with E-state index in [9.17, 15) is 27.6 Å². The lowest BCUT2D eigenvalue weighted by molar-refractivity contribution is -0.136. The van der Waals surface area contributed by atoms with E-state index >= 15 is 0 Å². The van der Waals surface area contributed by atoms with Crippen LogP contribution in [0.3, 0.4) is 0 Å². The molecular formula is C32H49N5O6S. The molecule has 4 N–H and O–H groups in total. The van der Waals surface area contributed by atoms with Crippen molar-refractivity contribution >= 4 is 39.3 Å². The number of rotatable bonds is 18. The minimum Gasteiger partial charge on any atom is -0.384 e. The number of benzene rings is 1. The molecule has 3 aliphatic rings. The van der Waals surface area contributed by atoms with Gasteiger partial charge in [0.1, 0.15) is 6.04 Å². The second kappa shape index (κ2) is 16.5. The molecule has 244 valence electrons. The largest absolute Gasteiger partial charge is 0.384 e. The molecule has 11 nitrogen and oxygen atoms in total. The normalized spacial score (nSPS) is 19.8. The third kappa shape index (κ3) is 9.10. The second-order valence-corrected chi connectivity index (χ2v) is 14.5. The van der Waals surface area contributed by atoms with Gasteiger partial charge in [0.2, 0.25) is 21.8 Å². The molecule has 1 aromatic rings. The molecule has 2 fully saturated rings. The molecule has 0 saturated carbocycles. The molecule has 0 spiro atoms. The van der Waals surface area contributed by atoms with Gasteiger partial charge in [0.15, 0.2) is 0 Å². The Hall–Kier alpha value is -2.83. The van der Waals surface area contributed by atoms with Crippen LogP contribution in [0.15, 0.2) is 18.2 Å². The highest BCUT2D eigenvalue weighted by Crippen LogP contribution is 2.32. The standard InChI is InChI=1S/C32H49N5O6S/c33-24-18-21-36(22-19-24)44(42,43)23-12-10-8-6-4-2-1-3-5-7-9-11-20-34-26-15-13-14-25-29(26)32(41)37(31(25)40)27-16-17-28(38)35-30(27)39/h13-15,24,27,34H,1-12,16-23,33H2,(H,35,38,39). The summed E-state index contributed by atoms with van der Waals surface area (Å²) >= 11 is 0. The van der Waals surface area contributed by atoms with Crippen molar-refractivity contribution in [1.82, 2.24) is 14.5 Å². The van der Waals surface area contributed by atoms with E-state index in [0.29, 0.717) is 30.9 Å². The highest BCUT2D eigenvalue weighted by Gasteiger charge is 2.45. The summed E-state index contributed by atoms with van der Waals surface area (Å²) in [5, 5.41) is 5.53. The fraction of sp³-hybridized carbons (Fsp3) is 0.688. The molecule has 12 heteroatoms. The fourth-order valence-corrected chi connectivity index (χ4v) is 7.94. The molecule has 2 saturated heterocycles. The molecule has 1 atom stereocenters. The fourth-order valence-electron chi connectivity index (χ4n) is 6.35. The molecule has 1 aromatic carbocycles. The van der Waals surface area contributed by atoms with E-state index in [1.54, 1.807) is 22.5 Å². The van der Waals surface area contributed by atoms with Crippen molar-refractivity contribution < 1.29 is 27.6 Å². The Balaban J connectivity index is 1.01. The lowest BCUT2D eigenvalue weighted by atomic mass is 10.0. The molecule has 0 bridgehead atoms. The smallest absolute Gasteiger partial charge is 0.264 e. The highest BCUT2D eigenvalue weighted by atomic mass is 32.2. The quantitative estimate of drug-likeness (QED) is 0.162. The summed E-state index contributed by atoms with van der Waals surface area (Å²) in [6, 6.07) is 4.30. The van der Waals surface area contributed by atoms with Crippen molar-refractivity contribution in [3.8, 4) is 0 Å². The third-order valence-corrected chi connectivity index (χ3v) is 11.0. The molecule has 4 rings (SSSR count). The minimum absolute atomic E-state index is 0.0981. The molecule has 0 aromatic heterocycles. The van der Waals surface area contributed by atoms with Gasteiger partial charge in [0.05, 0.1) is 16.9 Å². The number of anilines is 1. The number of hydrogen-bond acceptors (Lipinski definition) is 8. The van der Waals surface area contributed by atoms with Crippen LogP contribution in [0.1, 0.15) is 123 Å². The monoisotopic (exact) mass is 631 g/mol. The number of hydrogen-bond donors (Lipinski definition) is 3. The first-order valence-corrected chi connectivity index (χ1v) is 18.1. The van der Waals surface area contributed by atoms with Crippen molar-refractivity contribution in [2.24, 2.45) is 5.73 Å². The lowest BCUT2D eigenvalue weighted by Gasteiger charge is -2.29. The maximum atomic E-state index is 13.2. The van der Waals surface area contributed by atoms with E-state index in [2.05, 4.69) is 10.6 Å². The molecule has 1 unspecified atom stereocenters. The van der Waals surface area contributed by atoms with Crippen molar-refractivity contribution in [2.45, 2.75) is 115 Å². The summed E-state index contributed by atoms with van der Waals surface area (Å²) in [4.78, 5) is 50.9. The zero-order valence-corrected chi connectivity index (χ0v) is 26.7. The lowest BCUT2D eigenvalue weighted by Crippen LogP contribution is -2.54. The molecule has 3 aliphatic heterocycles. The van der Waals surface area contributed by atoms with Crippen molar-refractivity contribution in [3.05, 3.63) is 29.3 Å². The number of nitrogens with zero attached hydrogens (tertiary/aromatic N) is 2. The SMILES string of the molecule is NC1CCN(S(=O)(=O)CCCCCCCCCCCCCCNc2cccc3c2C(=O)N(C2CCC(=O)NC2=O)C3=O)CC1. The van der Waals surface area contributed by atoms with Crippen LogP contribution < -0.4 is 16.4 Å². The molecule has 0 aliphatic carbocycles. The Morgan fingerprint density at radius 2 is 1.39 bits per heavy atom. The first kappa shape index (κ1) is 34.1. The van der Waals surface area contributed by atoms with E-state index in [1.807, 2.05) is 0 Å². The zero-order chi connectivity index (χ0) is 31.5. The van der Waals surface area contributed by atoms with Gasteiger partial charge in [-0.25, -0.2) is 12.7 Å². The van der Waals surface area contributed by atoms with Gasteiger partial charge in [0, 0.05) is 37.8 Å². The number of unbranched alkanes of at least 4 members (excludes halogenated alkanes) is 11. The first-order chi connectivity index (χ1) is 21.2. The van der Waals surface area contributed by atoms with Gasteiger partial charge < -0.3 is 11.1 Å². The average Bonchev–Trinajstić information content (AvgIpc) is 3.25. The molecule has 44 heavy (non-hydrogen) atoms. The van der Waals surface area contributed by atoms with Crippen LogP contribution in [-0.4, -0.2) is 78.7 Å². The first-order valence-electron chi connectivity index (χ1n) is 16.5. The number of nitrogens with one attached hydrogen (secondary N) is 2. The van der Waals surface area contributed by atoms with Crippen molar-refractivity contribution in [1.29, 1.82) is 0 Å². The van der Waals surface area contributed by atoms with Gasteiger partial charge >= 0.3 is 0 Å². The Morgan fingerprint density at radius 1 is 0.795 bits per heavy atom. The minimum atomic E-state index is -3.13. The number of sulfonamides is 1. The van der Waals surface area contributed by atoms with E-state index in [0.717, 1.165) is 62.7 Å². The van der Waals surface area contributed by atoms with E-state index in [4.69, 9.17) is 5.73 Å². The maximum absolute atomic E-state index is 13.2. The molecule has 4 amide bonds. The van der Waals surface area contributed by atoms with Gasteiger partial charge in [-0.05, 0) is 44.2 Å². The zero-order valence-electron chi connectivity index (χ0n) is 25.9. The highest BCUT2D eigenvalue weighted by molar-refractivity contribution is 7.89. The summed E-state index contributed by atoms with van der Waals surface area (Å²) in [6.07, 6.45) is 14.9. The van der Waals surface area contributed by atoms with Crippen LogP contribution in [0.4, 0.5) is 5.69 Å². The number of piperidine rings is 2. The third-order valence-electron chi connectivity index (χ3n) is 9.00. The number of nitrogens with two attached hydrogens (primary N) is 1. The Kier molecular flexibility index (Phi) is 12.7. The Labute approximate surface area is 261 Å². The van der Waals surface area contributed by atoms with Crippen LogP contribution in [0.5, 0.6) is 0 Å². The van der Waals surface area contributed by atoms with E-state index < -0.39 is 33.8 Å².